The number of nitrogens with zero attached hydrogens (tertiary/aromatic N) is 1. The number of hydrogen-bond donors (Lipinski definition) is 0. The average Bonchev–Trinajstić information content (AvgIpc) is 2.20. The summed E-state index contributed by atoms with van der Waals surface area (Å²) in [7, 11) is 0. The zero-order valence-electron chi connectivity index (χ0n) is 8.80. The van der Waals surface area contributed by atoms with Gasteiger partial charge in [0, 0.05) is 17.8 Å². The molecule has 1 aliphatic rings. The van der Waals surface area contributed by atoms with Crippen LogP contribution in [0.1, 0.15) is 30.2 Å². The van der Waals surface area contributed by atoms with Crippen molar-refractivity contribution >= 4 is 0 Å². The van der Waals surface area contributed by atoms with E-state index in [9.17, 15) is 0 Å². The lowest BCUT2D eigenvalue weighted by molar-refractivity contribution is 0.557. The van der Waals surface area contributed by atoms with E-state index >= 15 is 0 Å². The van der Waals surface area contributed by atoms with Crippen LogP contribution in [0.4, 0.5) is 0 Å². The smallest absolute Gasteiger partial charge is 0.0439 e. The maximum Gasteiger partial charge on any atom is 0.0439 e. The second kappa shape index (κ2) is 3.84. The largest absolute Gasteiger partial charge is 0.261 e. The van der Waals surface area contributed by atoms with E-state index in [1.54, 1.807) is 0 Å². The fourth-order valence-electron chi connectivity index (χ4n) is 2.13. The number of rotatable bonds is 0. The van der Waals surface area contributed by atoms with Gasteiger partial charge in [0.1, 0.15) is 0 Å². The van der Waals surface area contributed by atoms with E-state index in [1.165, 1.54) is 23.2 Å². The lowest BCUT2D eigenvalue weighted by Gasteiger charge is -2.21. The maximum atomic E-state index is 4.43. The van der Waals surface area contributed by atoms with Gasteiger partial charge in [-0.3, -0.25) is 4.98 Å². The first kappa shape index (κ1) is 9.27. The Bertz CT molecular complexity index is 395. The summed E-state index contributed by atoms with van der Waals surface area (Å²) in [5.41, 5.74) is 4.10. The lowest BCUT2D eigenvalue weighted by atomic mass is 9.85. The van der Waals surface area contributed by atoms with E-state index in [0.717, 1.165) is 12.8 Å². The summed E-state index contributed by atoms with van der Waals surface area (Å²) in [6.07, 6.45) is 5.27. The van der Waals surface area contributed by atoms with Crippen molar-refractivity contribution in [2.45, 2.75) is 33.1 Å². The predicted molar refractivity (Wildman–Crippen MR) is 57.9 cm³/mol. The van der Waals surface area contributed by atoms with Gasteiger partial charge in [0.2, 0.25) is 0 Å². The van der Waals surface area contributed by atoms with Crippen LogP contribution in [0, 0.1) is 24.7 Å². The zero-order valence-corrected chi connectivity index (χ0v) is 8.80. The molecule has 1 aromatic rings. The van der Waals surface area contributed by atoms with Crippen molar-refractivity contribution in [3.05, 3.63) is 29.1 Å². The molecule has 1 unspecified atom stereocenters. The maximum absolute atomic E-state index is 4.43. The molecule has 0 N–H and O–H groups in total. The first-order valence-electron chi connectivity index (χ1n) is 5.17. The Balaban J connectivity index is 2.31. The van der Waals surface area contributed by atoms with Crippen molar-refractivity contribution in [2.75, 3.05) is 0 Å². The average molecular weight is 185 g/mol. The van der Waals surface area contributed by atoms with Crippen LogP contribution in [0.2, 0.25) is 0 Å². The molecule has 1 aromatic heterocycles. The molecule has 0 fully saturated rings. The van der Waals surface area contributed by atoms with Crippen molar-refractivity contribution in [3.63, 3.8) is 0 Å². The Labute approximate surface area is 85.6 Å². The van der Waals surface area contributed by atoms with Crippen LogP contribution in [-0.2, 0) is 12.8 Å². The summed E-state index contributed by atoms with van der Waals surface area (Å²) in [6.45, 7) is 4.09. The van der Waals surface area contributed by atoms with Crippen molar-refractivity contribution < 1.29 is 0 Å². The summed E-state index contributed by atoms with van der Waals surface area (Å²) in [6, 6.07) is 2.10. The molecule has 0 saturated heterocycles. The molecule has 0 bridgehead atoms. The molecule has 0 amide bonds. The van der Waals surface area contributed by atoms with Gasteiger partial charge in [-0.1, -0.05) is 5.92 Å². The molecule has 0 radical (unpaired) electrons. The van der Waals surface area contributed by atoms with Crippen molar-refractivity contribution in [1.82, 2.24) is 4.98 Å². The second-order valence-electron chi connectivity index (χ2n) is 3.89. The fraction of sp³-hybridized carbons (Fsp3) is 0.462. The molecule has 1 heteroatoms. The normalized spacial score (nSPS) is 19.4. The highest BCUT2D eigenvalue weighted by Crippen LogP contribution is 2.25. The van der Waals surface area contributed by atoms with Gasteiger partial charge in [0.05, 0.1) is 0 Å². The molecule has 1 nitrogen and oxygen atoms in total. The molecule has 2 rings (SSSR count). The highest BCUT2D eigenvalue weighted by atomic mass is 14.7. The van der Waals surface area contributed by atoms with Gasteiger partial charge in [-0.2, -0.15) is 0 Å². The van der Waals surface area contributed by atoms with E-state index in [0.29, 0.717) is 5.92 Å². The molecule has 1 aliphatic carbocycles. The molecule has 1 atom stereocenters. The number of hydrogen-bond acceptors (Lipinski definition) is 1. The van der Waals surface area contributed by atoms with Gasteiger partial charge in [0.15, 0.2) is 0 Å². The molecule has 0 aliphatic heterocycles. The minimum atomic E-state index is 0.551. The number of fused-ring (bicyclic) bond motifs is 1. The summed E-state index contributed by atoms with van der Waals surface area (Å²) in [5.74, 6) is 6.84. The Kier molecular flexibility index (Phi) is 2.54. The number of aryl methyl sites for hydroxylation is 2. The first-order chi connectivity index (χ1) is 6.81. The monoisotopic (exact) mass is 185 g/mol. The molecular weight excluding hydrogens is 170 g/mol. The third-order valence-corrected chi connectivity index (χ3v) is 2.91. The summed E-state index contributed by atoms with van der Waals surface area (Å²) in [4.78, 5) is 4.43. The molecule has 72 valence electrons. The third kappa shape index (κ3) is 1.65. The van der Waals surface area contributed by atoms with Crippen LogP contribution in [0.3, 0.4) is 0 Å². The zero-order chi connectivity index (χ0) is 9.97. The van der Waals surface area contributed by atoms with Crippen LogP contribution in [0.25, 0.3) is 0 Å². The standard InChI is InChI=1S/C13H15N/c1-3-4-11-5-6-13-12(9-11)10(2)7-8-14-13/h7-8,11H,5-6,9H2,1-2H3. The minimum absolute atomic E-state index is 0.551. The van der Waals surface area contributed by atoms with E-state index in [2.05, 4.69) is 29.8 Å². The second-order valence-corrected chi connectivity index (χ2v) is 3.89. The van der Waals surface area contributed by atoms with Gasteiger partial charge >= 0.3 is 0 Å². The number of pyridine rings is 1. The van der Waals surface area contributed by atoms with Crippen molar-refractivity contribution in [1.29, 1.82) is 0 Å². The summed E-state index contributed by atoms with van der Waals surface area (Å²) in [5, 5.41) is 0. The van der Waals surface area contributed by atoms with Crippen LogP contribution in [-0.4, -0.2) is 4.98 Å². The van der Waals surface area contributed by atoms with E-state index in [-0.39, 0.29) is 0 Å². The van der Waals surface area contributed by atoms with Gasteiger partial charge in [0.25, 0.3) is 0 Å². The Morgan fingerprint density at radius 2 is 2.36 bits per heavy atom. The van der Waals surface area contributed by atoms with Crippen LogP contribution in [0.5, 0.6) is 0 Å². The highest BCUT2D eigenvalue weighted by molar-refractivity contribution is 5.32. The fourth-order valence-corrected chi connectivity index (χ4v) is 2.13. The van der Waals surface area contributed by atoms with Crippen LogP contribution < -0.4 is 0 Å². The van der Waals surface area contributed by atoms with Gasteiger partial charge in [-0.25, -0.2) is 0 Å². The lowest BCUT2D eigenvalue weighted by Crippen LogP contribution is -2.15. The quantitative estimate of drug-likeness (QED) is 0.566. The van der Waals surface area contributed by atoms with E-state index in [1.807, 2.05) is 13.1 Å². The van der Waals surface area contributed by atoms with E-state index < -0.39 is 0 Å². The van der Waals surface area contributed by atoms with Crippen LogP contribution >= 0.6 is 0 Å². The summed E-state index contributed by atoms with van der Waals surface area (Å²) < 4.78 is 0. The van der Waals surface area contributed by atoms with Gasteiger partial charge in [-0.15, -0.1) is 5.92 Å². The topological polar surface area (TPSA) is 12.9 Å². The molecular formula is C13H15N. The molecule has 0 aromatic carbocycles. The van der Waals surface area contributed by atoms with Crippen molar-refractivity contribution in [2.24, 2.45) is 5.92 Å². The highest BCUT2D eigenvalue weighted by Gasteiger charge is 2.18. The third-order valence-electron chi connectivity index (χ3n) is 2.91. The van der Waals surface area contributed by atoms with Gasteiger partial charge in [-0.05, 0) is 50.3 Å². The SMILES string of the molecule is CC#CC1CCc2nccc(C)c2C1. The van der Waals surface area contributed by atoms with E-state index in [4.69, 9.17) is 0 Å². The molecule has 14 heavy (non-hydrogen) atoms. The minimum Gasteiger partial charge on any atom is -0.261 e. The summed E-state index contributed by atoms with van der Waals surface area (Å²) >= 11 is 0. The van der Waals surface area contributed by atoms with Crippen LogP contribution in [0.15, 0.2) is 12.3 Å². The van der Waals surface area contributed by atoms with Crippen molar-refractivity contribution in [3.8, 4) is 11.8 Å². The Morgan fingerprint density at radius 1 is 1.50 bits per heavy atom. The molecule has 0 spiro atoms. The predicted octanol–water partition coefficient (Wildman–Crippen LogP) is 2.52. The van der Waals surface area contributed by atoms with Gasteiger partial charge < -0.3 is 0 Å². The molecule has 0 saturated carbocycles. The number of aromatic nitrogens is 1. The first-order valence-corrected chi connectivity index (χ1v) is 5.17. The molecule has 1 heterocycles. The Hall–Kier alpha value is -1.29. The Morgan fingerprint density at radius 3 is 3.14 bits per heavy atom.